The molecule has 1 N–H and O–H groups in total. The molecule has 1 aromatic heterocycles. The van der Waals surface area contributed by atoms with Crippen molar-refractivity contribution >= 4 is 33.2 Å². The molecule has 5 heteroatoms. The number of aliphatic carboxylic acids is 1. The number of thiophene rings is 1. The van der Waals surface area contributed by atoms with Crippen LogP contribution in [0.25, 0.3) is 0 Å². The Kier molecular flexibility index (Phi) is 3.92. The van der Waals surface area contributed by atoms with Gasteiger partial charge < -0.3 is 5.11 Å². The van der Waals surface area contributed by atoms with Gasteiger partial charge in [0.05, 0.1) is 0 Å². The van der Waals surface area contributed by atoms with E-state index >= 15 is 0 Å². The Bertz CT molecular complexity index is 640. The molecule has 0 saturated carbocycles. The maximum atomic E-state index is 11.6. The van der Waals surface area contributed by atoms with Crippen LogP contribution in [-0.4, -0.2) is 22.5 Å². The van der Waals surface area contributed by atoms with Gasteiger partial charge in [0.1, 0.15) is 6.04 Å². The molecule has 0 amide bonds. The second-order valence-corrected chi connectivity index (χ2v) is 6.81. The fraction of sp³-hybridized carbons (Fsp3) is 0.267. The predicted octanol–water partition coefficient (Wildman–Crippen LogP) is 3.69. The van der Waals surface area contributed by atoms with Crippen LogP contribution >= 0.6 is 27.3 Å². The zero-order valence-corrected chi connectivity index (χ0v) is 13.2. The first-order chi connectivity index (χ1) is 9.65. The molecule has 2 aromatic rings. The largest absolute Gasteiger partial charge is 0.480 e. The fourth-order valence-corrected chi connectivity index (χ4v) is 4.05. The van der Waals surface area contributed by atoms with Gasteiger partial charge >= 0.3 is 5.97 Å². The average molecular weight is 352 g/mol. The van der Waals surface area contributed by atoms with E-state index in [1.165, 1.54) is 4.88 Å². The number of carboxylic acids is 1. The summed E-state index contributed by atoms with van der Waals surface area (Å²) in [4.78, 5) is 14.9. The van der Waals surface area contributed by atoms with E-state index in [4.69, 9.17) is 0 Å². The van der Waals surface area contributed by atoms with Crippen molar-refractivity contribution in [3.05, 3.63) is 56.2 Å². The summed E-state index contributed by atoms with van der Waals surface area (Å²) < 4.78 is 1.02. The normalized spacial score (nSPS) is 18.8. The van der Waals surface area contributed by atoms with Crippen molar-refractivity contribution in [1.82, 2.24) is 4.90 Å². The maximum absolute atomic E-state index is 11.6. The maximum Gasteiger partial charge on any atom is 0.325 e. The molecule has 0 bridgehead atoms. The van der Waals surface area contributed by atoms with Crippen LogP contribution in [0, 0.1) is 0 Å². The molecule has 1 aromatic carbocycles. The lowest BCUT2D eigenvalue weighted by Crippen LogP contribution is -2.38. The summed E-state index contributed by atoms with van der Waals surface area (Å²) in [5.41, 5.74) is 2.09. The third-order valence-electron chi connectivity index (χ3n) is 3.57. The Morgan fingerprint density at radius 2 is 2.30 bits per heavy atom. The molecular formula is C15H14BrNO2S. The molecule has 3 nitrogen and oxygen atoms in total. The molecule has 0 fully saturated rings. The van der Waals surface area contributed by atoms with Gasteiger partial charge in [-0.3, -0.25) is 9.69 Å². The second-order valence-electron chi connectivity index (χ2n) is 4.89. The number of benzene rings is 1. The van der Waals surface area contributed by atoms with Crippen LogP contribution in [-0.2, 0) is 17.8 Å². The summed E-state index contributed by atoms with van der Waals surface area (Å²) in [6.07, 6.45) is 0.935. The minimum absolute atomic E-state index is 0.524. The minimum Gasteiger partial charge on any atom is -0.480 e. The zero-order chi connectivity index (χ0) is 14.1. The predicted molar refractivity (Wildman–Crippen MR) is 83.0 cm³/mol. The Hall–Kier alpha value is -1.17. The summed E-state index contributed by atoms with van der Waals surface area (Å²) in [6.45, 7) is 1.45. The number of halogens is 1. The highest BCUT2D eigenvalue weighted by atomic mass is 79.9. The molecular weight excluding hydrogens is 338 g/mol. The molecule has 0 radical (unpaired) electrons. The first-order valence-corrected chi connectivity index (χ1v) is 8.10. The molecule has 1 unspecified atom stereocenters. The van der Waals surface area contributed by atoms with E-state index in [0.717, 1.165) is 28.6 Å². The molecule has 0 saturated heterocycles. The van der Waals surface area contributed by atoms with Gasteiger partial charge in [-0.2, -0.15) is 0 Å². The van der Waals surface area contributed by atoms with Crippen molar-refractivity contribution in [2.24, 2.45) is 0 Å². The topological polar surface area (TPSA) is 40.5 Å². The molecule has 0 aliphatic carbocycles. The third-order valence-corrected chi connectivity index (χ3v) is 5.06. The zero-order valence-electron chi connectivity index (χ0n) is 10.8. The minimum atomic E-state index is -0.764. The lowest BCUT2D eigenvalue weighted by atomic mass is 9.99. The standard InChI is InChI=1S/C15H14BrNO2S/c16-11-3-1-2-10(8-11)9-17-6-4-13-12(5-7-20-13)14(17)15(18)19/h1-3,5,7-8,14H,4,6,9H2,(H,18,19). The average Bonchev–Trinajstić information content (AvgIpc) is 2.86. The van der Waals surface area contributed by atoms with Crippen molar-refractivity contribution < 1.29 is 9.90 Å². The van der Waals surface area contributed by atoms with Gasteiger partial charge in [0.25, 0.3) is 0 Å². The highest BCUT2D eigenvalue weighted by molar-refractivity contribution is 9.10. The SMILES string of the molecule is O=C(O)C1c2ccsc2CCN1Cc1cccc(Br)c1. The van der Waals surface area contributed by atoms with Crippen LogP contribution < -0.4 is 0 Å². The summed E-state index contributed by atoms with van der Waals surface area (Å²) in [5.74, 6) is -0.764. The van der Waals surface area contributed by atoms with Crippen molar-refractivity contribution in [3.8, 4) is 0 Å². The highest BCUT2D eigenvalue weighted by Gasteiger charge is 2.33. The molecule has 104 valence electrons. The van der Waals surface area contributed by atoms with E-state index in [1.807, 2.05) is 40.6 Å². The number of fused-ring (bicyclic) bond motifs is 1. The van der Waals surface area contributed by atoms with Gasteiger partial charge in [-0.05, 0) is 41.1 Å². The van der Waals surface area contributed by atoms with Gasteiger partial charge in [0, 0.05) is 22.4 Å². The second kappa shape index (κ2) is 5.68. The quantitative estimate of drug-likeness (QED) is 0.916. The molecule has 1 atom stereocenters. The fourth-order valence-electron chi connectivity index (χ4n) is 2.70. The lowest BCUT2D eigenvalue weighted by Gasteiger charge is -2.33. The van der Waals surface area contributed by atoms with Gasteiger partial charge in [-0.15, -0.1) is 11.3 Å². The van der Waals surface area contributed by atoms with Crippen molar-refractivity contribution in [3.63, 3.8) is 0 Å². The van der Waals surface area contributed by atoms with Crippen LogP contribution in [0.2, 0.25) is 0 Å². The van der Waals surface area contributed by atoms with E-state index in [2.05, 4.69) is 15.9 Å². The molecule has 0 spiro atoms. The smallest absolute Gasteiger partial charge is 0.325 e. The van der Waals surface area contributed by atoms with Gasteiger partial charge in [0.15, 0.2) is 0 Å². The number of hydrogen-bond donors (Lipinski definition) is 1. The Balaban J connectivity index is 1.88. The molecule has 2 heterocycles. The van der Waals surface area contributed by atoms with Crippen LogP contribution in [0.15, 0.2) is 40.2 Å². The van der Waals surface area contributed by atoms with Gasteiger partial charge in [-0.25, -0.2) is 0 Å². The molecule has 1 aliphatic rings. The summed E-state index contributed by atoms with van der Waals surface area (Å²) in [7, 11) is 0. The number of rotatable bonds is 3. The van der Waals surface area contributed by atoms with Gasteiger partial charge in [-0.1, -0.05) is 28.1 Å². The molecule has 3 rings (SSSR count). The van der Waals surface area contributed by atoms with E-state index in [1.54, 1.807) is 11.3 Å². The molecule has 1 aliphatic heterocycles. The summed E-state index contributed by atoms with van der Waals surface area (Å²) >= 11 is 5.12. The summed E-state index contributed by atoms with van der Waals surface area (Å²) in [5, 5.41) is 11.5. The Morgan fingerprint density at radius 1 is 1.45 bits per heavy atom. The number of carbonyl (C=O) groups is 1. The number of hydrogen-bond acceptors (Lipinski definition) is 3. The monoisotopic (exact) mass is 351 g/mol. The van der Waals surface area contributed by atoms with E-state index in [9.17, 15) is 9.90 Å². The first-order valence-electron chi connectivity index (χ1n) is 6.43. The van der Waals surface area contributed by atoms with Crippen LogP contribution in [0.3, 0.4) is 0 Å². The lowest BCUT2D eigenvalue weighted by molar-refractivity contribution is -0.144. The number of nitrogens with zero attached hydrogens (tertiary/aromatic N) is 1. The Labute approximate surface area is 130 Å². The van der Waals surface area contributed by atoms with Crippen LogP contribution in [0.5, 0.6) is 0 Å². The van der Waals surface area contributed by atoms with E-state index in [0.29, 0.717) is 6.54 Å². The van der Waals surface area contributed by atoms with Crippen molar-refractivity contribution in [2.45, 2.75) is 19.0 Å². The third kappa shape index (κ3) is 2.66. The highest BCUT2D eigenvalue weighted by Crippen LogP contribution is 2.34. The van der Waals surface area contributed by atoms with Crippen molar-refractivity contribution in [1.29, 1.82) is 0 Å². The van der Waals surface area contributed by atoms with Crippen LogP contribution in [0.1, 0.15) is 22.0 Å². The van der Waals surface area contributed by atoms with E-state index < -0.39 is 12.0 Å². The summed E-state index contributed by atoms with van der Waals surface area (Å²) in [6, 6.07) is 9.46. The van der Waals surface area contributed by atoms with Crippen LogP contribution in [0.4, 0.5) is 0 Å². The van der Waals surface area contributed by atoms with E-state index in [-0.39, 0.29) is 0 Å². The first kappa shape index (κ1) is 13.8. The molecule has 20 heavy (non-hydrogen) atoms. The van der Waals surface area contributed by atoms with Gasteiger partial charge in [0.2, 0.25) is 0 Å². The number of carboxylic acid groups (broad SMARTS) is 1. The Morgan fingerprint density at radius 3 is 3.05 bits per heavy atom. The van der Waals surface area contributed by atoms with Crippen molar-refractivity contribution in [2.75, 3.05) is 6.54 Å².